The summed E-state index contributed by atoms with van der Waals surface area (Å²) in [6.45, 7) is 0. The van der Waals surface area contributed by atoms with Crippen molar-refractivity contribution in [3.63, 3.8) is 0 Å². The molecular formula is C10H6BrF3N2. The van der Waals surface area contributed by atoms with Crippen LogP contribution >= 0.6 is 15.9 Å². The van der Waals surface area contributed by atoms with Crippen LogP contribution in [-0.4, -0.2) is 9.55 Å². The van der Waals surface area contributed by atoms with E-state index in [-0.39, 0.29) is 4.60 Å². The molecule has 84 valence electrons. The van der Waals surface area contributed by atoms with Gasteiger partial charge in [-0.05, 0) is 34.1 Å². The van der Waals surface area contributed by atoms with Crippen LogP contribution in [0.2, 0.25) is 0 Å². The molecule has 0 saturated carbocycles. The summed E-state index contributed by atoms with van der Waals surface area (Å²) in [5, 5.41) is 0. The number of benzene rings is 1. The summed E-state index contributed by atoms with van der Waals surface area (Å²) in [7, 11) is 0. The van der Waals surface area contributed by atoms with Gasteiger partial charge in [0.1, 0.15) is 12.3 Å². The Labute approximate surface area is 106 Å². The Bertz CT molecular complexity index is 773. The van der Waals surface area contributed by atoms with E-state index >= 15 is 0 Å². The predicted octanol–water partition coefficient (Wildman–Crippen LogP) is 3.65. The highest BCUT2D eigenvalue weighted by atomic mass is 79.9. The van der Waals surface area contributed by atoms with E-state index in [1.165, 1.54) is 0 Å². The van der Waals surface area contributed by atoms with Gasteiger partial charge in [-0.2, -0.15) is 13.2 Å². The molecule has 0 aliphatic carbocycles. The SMILES string of the molecule is [2H]c1c([2H])c(-n2c([2H])nc(Br)c2[2H])c([2H])c(C(F)(F)F)c1[2H]. The highest BCUT2D eigenvalue weighted by molar-refractivity contribution is 9.10. The van der Waals surface area contributed by atoms with E-state index in [1.54, 1.807) is 0 Å². The molecule has 1 aromatic heterocycles. The first-order chi connectivity index (χ1) is 9.98. The lowest BCUT2D eigenvalue weighted by Gasteiger charge is -2.08. The molecule has 0 aliphatic heterocycles. The molecule has 6 heteroatoms. The molecule has 0 spiro atoms. The number of aromatic nitrogens is 2. The lowest BCUT2D eigenvalue weighted by molar-refractivity contribution is -0.137. The van der Waals surface area contributed by atoms with Crippen LogP contribution in [0.3, 0.4) is 0 Å². The monoisotopic (exact) mass is 296 g/mol. The van der Waals surface area contributed by atoms with Gasteiger partial charge in [-0.15, -0.1) is 0 Å². The smallest absolute Gasteiger partial charge is 0.305 e. The Hall–Kier alpha value is -1.30. The van der Waals surface area contributed by atoms with Gasteiger partial charge in [-0.1, -0.05) is 6.04 Å². The maximum atomic E-state index is 13.0. The largest absolute Gasteiger partial charge is 0.416 e. The zero-order valence-electron chi connectivity index (χ0n) is 13.4. The molecule has 0 amide bonds. The van der Waals surface area contributed by atoms with E-state index in [4.69, 9.17) is 8.22 Å². The Morgan fingerprint density at radius 2 is 2.12 bits per heavy atom. The Balaban J connectivity index is 2.97. The van der Waals surface area contributed by atoms with Gasteiger partial charge >= 0.3 is 6.18 Å². The average molecular weight is 297 g/mol. The maximum absolute atomic E-state index is 13.0. The maximum Gasteiger partial charge on any atom is 0.416 e. The van der Waals surface area contributed by atoms with E-state index < -0.39 is 54.1 Å². The first kappa shape index (κ1) is 5.86. The second-order valence-electron chi connectivity index (χ2n) is 2.67. The summed E-state index contributed by atoms with van der Waals surface area (Å²) in [5.41, 5.74) is -2.46. The molecule has 0 radical (unpaired) electrons. The minimum absolute atomic E-state index is 0.147. The third kappa shape index (κ3) is 2.27. The van der Waals surface area contributed by atoms with Crippen molar-refractivity contribution < 1.29 is 21.4 Å². The average Bonchev–Trinajstić information content (AvgIpc) is 2.61. The minimum Gasteiger partial charge on any atom is -0.305 e. The van der Waals surface area contributed by atoms with Crippen LogP contribution in [0.1, 0.15) is 13.8 Å². The molecule has 0 N–H and O–H groups in total. The highest BCUT2D eigenvalue weighted by Gasteiger charge is 2.30. The molecule has 2 nitrogen and oxygen atoms in total. The van der Waals surface area contributed by atoms with E-state index in [2.05, 4.69) is 20.9 Å². The van der Waals surface area contributed by atoms with Gasteiger partial charge in [0, 0.05) is 11.9 Å². The van der Waals surface area contributed by atoms with Gasteiger partial charge in [-0.3, -0.25) is 0 Å². The Morgan fingerprint density at radius 3 is 2.69 bits per heavy atom. The summed E-state index contributed by atoms with van der Waals surface area (Å²) in [4.78, 5) is 3.52. The van der Waals surface area contributed by atoms with E-state index in [0.717, 1.165) is 0 Å². The van der Waals surface area contributed by atoms with Crippen molar-refractivity contribution in [2.24, 2.45) is 0 Å². The molecule has 0 aliphatic rings. The fraction of sp³-hybridized carbons (Fsp3) is 0.100. The molecule has 0 saturated heterocycles. The molecule has 2 rings (SSSR count). The third-order valence-electron chi connectivity index (χ3n) is 1.57. The van der Waals surface area contributed by atoms with Crippen LogP contribution in [0.15, 0.2) is 41.2 Å². The van der Waals surface area contributed by atoms with Crippen LogP contribution in [0, 0.1) is 0 Å². The van der Waals surface area contributed by atoms with Crippen LogP contribution < -0.4 is 0 Å². The molecule has 0 atom stereocenters. The van der Waals surface area contributed by atoms with Crippen molar-refractivity contribution in [2.45, 2.75) is 6.18 Å². The second-order valence-corrected chi connectivity index (χ2v) is 3.42. The van der Waals surface area contributed by atoms with Crippen molar-refractivity contribution in [1.29, 1.82) is 0 Å². The molecular weight excluding hydrogens is 285 g/mol. The molecule has 0 unspecified atom stereocenters. The molecule has 1 aromatic carbocycles. The minimum atomic E-state index is -5.07. The van der Waals surface area contributed by atoms with Crippen molar-refractivity contribution in [3.8, 4) is 5.69 Å². The molecule has 16 heavy (non-hydrogen) atoms. The molecule has 2 aromatic rings. The van der Waals surface area contributed by atoms with Crippen LogP contribution in [-0.2, 0) is 6.18 Å². The van der Waals surface area contributed by atoms with Gasteiger partial charge in [0.15, 0.2) is 0 Å². The standard InChI is InChI=1S/C10H6BrF3N2/c11-9-5-16(6-15-9)8-3-1-2-7(4-8)10(12,13)14/h1-6H/i1D,2D,3D,4D,5D,6D. The Morgan fingerprint density at radius 1 is 1.38 bits per heavy atom. The summed E-state index contributed by atoms with van der Waals surface area (Å²) < 4.78 is 84.8. The molecule has 1 heterocycles. The van der Waals surface area contributed by atoms with Crippen molar-refractivity contribution in [3.05, 3.63) is 46.8 Å². The van der Waals surface area contributed by atoms with Gasteiger partial charge in [0.05, 0.1) is 12.4 Å². The number of rotatable bonds is 1. The number of hydrogen-bond donors (Lipinski definition) is 0. The summed E-state index contributed by atoms with van der Waals surface area (Å²) in [6, 6.07) is -4.43. The van der Waals surface area contributed by atoms with Gasteiger partial charge in [0.25, 0.3) is 0 Å². The lowest BCUT2D eigenvalue weighted by atomic mass is 10.2. The quantitative estimate of drug-likeness (QED) is 0.785. The fourth-order valence-corrected chi connectivity index (χ4v) is 1.19. The van der Waals surface area contributed by atoms with Crippen molar-refractivity contribution >= 4 is 15.9 Å². The second kappa shape index (κ2) is 3.93. The highest BCUT2D eigenvalue weighted by Crippen LogP contribution is 2.30. The van der Waals surface area contributed by atoms with Crippen LogP contribution in [0.25, 0.3) is 5.69 Å². The topological polar surface area (TPSA) is 17.8 Å². The van der Waals surface area contributed by atoms with Crippen molar-refractivity contribution in [2.75, 3.05) is 0 Å². The normalized spacial score (nSPS) is 17.0. The fourth-order valence-electron chi connectivity index (χ4n) is 0.929. The summed E-state index contributed by atoms with van der Waals surface area (Å²) in [5.74, 6) is 0. The van der Waals surface area contributed by atoms with E-state index in [9.17, 15) is 13.2 Å². The molecule has 0 fully saturated rings. The zero-order valence-corrected chi connectivity index (χ0v) is 8.99. The summed E-state index contributed by atoms with van der Waals surface area (Å²) in [6.07, 6.45) is -6.27. The van der Waals surface area contributed by atoms with Crippen molar-refractivity contribution in [1.82, 2.24) is 9.55 Å². The zero-order chi connectivity index (χ0) is 17.0. The summed E-state index contributed by atoms with van der Waals surface area (Å²) >= 11 is 2.84. The third-order valence-corrected chi connectivity index (χ3v) is 1.93. The van der Waals surface area contributed by atoms with Crippen LogP contribution in [0.5, 0.6) is 0 Å². The number of alkyl halides is 3. The number of nitrogens with zero attached hydrogens (tertiary/aromatic N) is 2. The van der Waals surface area contributed by atoms with Gasteiger partial charge < -0.3 is 4.57 Å². The van der Waals surface area contributed by atoms with E-state index in [0.29, 0.717) is 4.57 Å². The first-order valence-electron chi connectivity index (χ1n) is 6.87. The molecule has 0 bridgehead atoms. The van der Waals surface area contributed by atoms with Gasteiger partial charge in [0.2, 0.25) is 0 Å². The Kier molecular flexibility index (Phi) is 1.44. The lowest BCUT2D eigenvalue weighted by Crippen LogP contribution is -2.05. The number of halogens is 4. The number of imidazole rings is 1. The van der Waals surface area contributed by atoms with E-state index in [1.807, 2.05) is 0 Å². The number of hydrogen-bond acceptors (Lipinski definition) is 1. The predicted molar refractivity (Wildman–Crippen MR) is 56.3 cm³/mol. The first-order valence-corrected chi connectivity index (χ1v) is 4.67. The van der Waals surface area contributed by atoms with Crippen LogP contribution in [0.4, 0.5) is 13.2 Å². The van der Waals surface area contributed by atoms with Gasteiger partial charge in [-0.25, -0.2) is 4.98 Å².